The Bertz CT molecular complexity index is 764. The molecule has 0 saturated heterocycles. The molecule has 0 aliphatic carbocycles. The van der Waals surface area contributed by atoms with E-state index in [0.717, 1.165) is 11.3 Å². The molecule has 0 spiro atoms. The first kappa shape index (κ1) is 13.3. The Morgan fingerprint density at radius 1 is 1.19 bits per heavy atom. The van der Waals surface area contributed by atoms with Gasteiger partial charge in [-0.25, -0.2) is 4.98 Å². The molecule has 3 aromatic rings. The molecule has 0 radical (unpaired) electrons. The highest BCUT2D eigenvalue weighted by molar-refractivity contribution is 5.93. The number of imidazole rings is 1. The van der Waals surface area contributed by atoms with Gasteiger partial charge in [0.25, 0.3) is 5.91 Å². The Morgan fingerprint density at radius 2 is 2.00 bits per heavy atom. The van der Waals surface area contributed by atoms with Crippen LogP contribution in [-0.2, 0) is 6.42 Å². The van der Waals surface area contributed by atoms with E-state index in [9.17, 15) is 4.79 Å². The van der Waals surface area contributed by atoms with Crippen LogP contribution in [0.4, 0.5) is 0 Å². The van der Waals surface area contributed by atoms with Gasteiger partial charge in [0.05, 0.1) is 5.69 Å². The van der Waals surface area contributed by atoms with E-state index in [-0.39, 0.29) is 5.91 Å². The number of nitrogens with one attached hydrogen (secondary N) is 1. The molecule has 0 atom stereocenters. The Morgan fingerprint density at radius 3 is 2.81 bits per heavy atom. The van der Waals surface area contributed by atoms with Crippen molar-refractivity contribution in [2.45, 2.75) is 13.3 Å². The van der Waals surface area contributed by atoms with Crippen molar-refractivity contribution >= 4 is 11.6 Å². The van der Waals surface area contributed by atoms with Crippen molar-refractivity contribution in [3.8, 4) is 0 Å². The molecular formula is C16H16N4O. The normalized spacial score (nSPS) is 10.7. The van der Waals surface area contributed by atoms with E-state index >= 15 is 0 Å². The minimum atomic E-state index is -0.0861. The molecule has 1 amide bonds. The SMILES string of the molecule is Cc1ccc2nc(CCNC(=O)c3ccncc3)cn2c1. The van der Waals surface area contributed by atoms with Crippen LogP contribution in [0.5, 0.6) is 0 Å². The van der Waals surface area contributed by atoms with Gasteiger partial charge in [0, 0.05) is 43.3 Å². The smallest absolute Gasteiger partial charge is 0.251 e. The second-order valence-corrected chi connectivity index (χ2v) is 4.95. The molecule has 0 aliphatic heterocycles. The molecule has 3 rings (SSSR count). The zero-order valence-electron chi connectivity index (χ0n) is 11.8. The summed E-state index contributed by atoms with van der Waals surface area (Å²) in [6, 6.07) is 7.43. The molecule has 21 heavy (non-hydrogen) atoms. The third-order valence-corrected chi connectivity index (χ3v) is 3.26. The van der Waals surface area contributed by atoms with Crippen LogP contribution in [0.1, 0.15) is 21.6 Å². The molecule has 5 nitrogen and oxygen atoms in total. The molecule has 0 aromatic carbocycles. The summed E-state index contributed by atoms with van der Waals surface area (Å²) in [6.07, 6.45) is 7.97. The van der Waals surface area contributed by atoms with Gasteiger partial charge >= 0.3 is 0 Å². The average Bonchev–Trinajstić information content (AvgIpc) is 2.89. The van der Waals surface area contributed by atoms with Crippen LogP contribution in [0.2, 0.25) is 0 Å². The van der Waals surface area contributed by atoms with Crippen LogP contribution in [0.15, 0.2) is 49.1 Å². The molecule has 0 saturated carbocycles. The number of pyridine rings is 2. The van der Waals surface area contributed by atoms with Gasteiger partial charge in [-0.05, 0) is 30.7 Å². The zero-order chi connectivity index (χ0) is 14.7. The van der Waals surface area contributed by atoms with Gasteiger partial charge in [-0.2, -0.15) is 0 Å². The van der Waals surface area contributed by atoms with Gasteiger partial charge in [0.2, 0.25) is 0 Å². The quantitative estimate of drug-likeness (QED) is 0.795. The van der Waals surface area contributed by atoms with Crippen molar-refractivity contribution < 1.29 is 4.79 Å². The first-order valence-electron chi connectivity index (χ1n) is 6.85. The first-order valence-corrected chi connectivity index (χ1v) is 6.85. The number of amides is 1. The molecule has 0 bridgehead atoms. The summed E-state index contributed by atoms with van der Waals surface area (Å²) in [6.45, 7) is 2.61. The molecule has 0 fully saturated rings. The van der Waals surface area contributed by atoms with Crippen molar-refractivity contribution in [3.05, 3.63) is 65.9 Å². The fraction of sp³-hybridized carbons (Fsp3) is 0.188. The number of hydrogen-bond donors (Lipinski definition) is 1. The number of fused-ring (bicyclic) bond motifs is 1. The van der Waals surface area contributed by atoms with Gasteiger partial charge < -0.3 is 9.72 Å². The molecular weight excluding hydrogens is 264 g/mol. The van der Waals surface area contributed by atoms with E-state index < -0.39 is 0 Å². The standard InChI is InChI=1S/C16H16N4O/c1-12-2-3-15-19-14(11-20(15)10-12)6-9-18-16(21)13-4-7-17-8-5-13/h2-5,7-8,10-11H,6,9H2,1H3,(H,18,21). The van der Waals surface area contributed by atoms with Gasteiger partial charge in [-0.3, -0.25) is 9.78 Å². The Hall–Kier alpha value is -2.69. The molecule has 106 valence electrons. The number of nitrogens with zero attached hydrogens (tertiary/aromatic N) is 3. The van der Waals surface area contributed by atoms with Crippen LogP contribution in [0, 0.1) is 6.92 Å². The maximum atomic E-state index is 11.9. The summed E-state index contributed by atoms with van der Waals surface area (Å²) in [5.41, 5.74) is 3.71. The maximum Gasteiger partial charge on any atom is 0.251 e. The van der Waals surface area contributed by atoms with Gasteiger partial charge in [-0.15, -0.1) is 0 Å². The van der Waals surface area contributed by atoms with E-state index in [2.05, 4.69) is 15.3 Å². The maximum absolute atomic E-state index is 11.9. The largest absolute Gasteiger partial charge is 0.352 e. The Labute approximate surface area is 122 Å². The van der Waals surface area contributed by atoms with Crippen molar-refractivity contribution in [1.82, 2.24) is 19.7 Å². The minimum absolute atomic E-state index is 0.0861. The number of carbonyl (C=O) groups excluding carboxylic acids is 1. The van der Waals surface area contributed by atoms with E-state index in [1.165, 1.54) is 5.56 Å². The van der Waals surface area contributed by atoms with Gasteiger partial charge in [-0.1, -0.05) is 6.07 Å². The predicted octanol–water partition coefficient (Wildman–Crippen LogP) is 2.01. The molecule has 3 aromatic heterocycles. The third kappa shape index (κ3) is 3.08. The average molecular weight is 280 g/mol. The lowest BCUT2D eigenvalue weighted by Crippen LogP contribution is -2.25. The second-order valence-electron chi connectivity index (χ2n) is 4.95. The van der Waals surface area contributed by atoms with E-state index in [1.807, 2.05) is 35.9 Å². The zero-order valence-corrected chi connectivity index (χ0v) is 11.8. The summed E-state index contributed by atoms with van der Waals surface area (Å²) >= 11 is 0. The van der Waals surface area contributed by atoms with Crippen LogP contribution in [0.3, 0.4) is 0 Å². The lowest BCUT2D eigenvalue weighted by molar-refractivity contribution is 0.0954. The monoisotopic (exact) mass is 280 g/mol. The fourth-order valence-corrected chi connectivity index (χ4v) is 2.19. The summed E-state index contributed by atoms with van der Waals surface area (Å²) < 4.78 is 2.01. The van der Waals surface area contributed by atoms with E-state index in [1.54, 1.807) is 24.5 Å². The van der Waals surface area contributed by atoms with Crippen LogP contribution >= 0.6 is 0 Å². The Balaban J connectivity index is 1.60. The highest BCUT2D eigenvalue weighted by Gasteiger charge is 2.05. The number of aromatic nitrogens is 3. The second kappa shape index (κ2) is 5.75. The third-order valence-electron chi connectivity index (χ3n) is 3.26. The highest BCUT2D eigenvalue weighted by Crippen LogP contribution is 2.07. The van der Waals surface area contributed by atoms with Crippen LogP contribution in [-0.4, -0.2) is 26.8 Å². The molecule has 3 heterocycles. The number of rotatable bonds is 4. The lowest BCUT2D eigenvalue weighted by Gasteiger charge is -2.03. The van der Waals surface area contributed by atoms with Crippen LogP contribution < -0.4 is 5.32 Å². The Kier molecular flexibility index (Phi) is 3.64. The van der Waals surface area contributed by atoms with E-state index in [4.69, 9.17) is 0 Å². The van der Waals surface area contributed by atoms with E-state index in [0.29, 0.717) is 18.5 Å². The van der Waals surface area contributed by atoms with Crippen molar-refractivity contribution in [3.63, 3.8) is 0 Å². The number of aryl methyl sites for hydroxylation is 1. The number of carbonyl (C=O) groups is 1. The van der Waals surface area contributed by atoms with Crippen molar-refractivity contribution in [2.24, 2.45) is 0 Å². The highest BCUT2D eigenvalue weighted by atomic mass is 16.1. The molecule has 1 N–H and O–H groups in total. The number of hydrogen-bond acceptors (Lipinski definition) is 3. The summed E-state index contributed by atoms with van der Waals surface area (Å²) in [5.74, 6) is -0.0861. The molecule has 5 heteroatoms. The van der Waals surface area contributed by atoms with Gasteiger partial charge in [0.1, 0.15) is 5.65 Å². The topological polar surface area (TPSA) is 59.3 Å². The predicted molar refractivity (Wildman–Crippen MR) is 80.2 cm³/mol. The lowest BCUT2D eigenvalue weighted by atomic mass is 10.2. The first-order chi connectivity index (χ1) is 10.2. The van der Waals surface area contributed by atoms with Crippen molar-refractivity contribution in [1.29, 1.82) is 0 Å². The minimum Gasteiger partial charge on any atom is -0.352 e. The van der Waals surface area contributed by atoms with Gasteiger partial charge in [0.15, 0.2) is 0 Å². The van der Waals surface area contributed by atoms with Crippen LogP contribution in [0.25, 0.3) is 5.65 Å². The summed E-state index contributed by atoms with van der Waals surface area (Å²) in [7, 11) is 0. The summed E-state index contributed by atoms with van der Waals surface area (Å²) in [5, 5.41) is 2.89. The van der Waals surface area contributed by atoms with Crippen molar-refractivity contribution in [2.75, 3.05) is 6.54 Å². The fourth-order valence-electron chi connectivity index (χ4n) is 2.19. The molecule has 0 aliphatic rings. The summed E-state index contributed by atoms with van der Waals surface area (Å²) in [4.78, 5) is 20.3. The molecule has 0 unspecified atom stereocenters.